The van der Waals surface area contributed by atoms with Gasteiger partial charge in [-0.05, 0) is 49.7 Å². The molecule has 0 atom stereocenters. The number of aromatic nitrogens is 2. The van der Waals surface area contributed by atoms with E-state index in [-0.39, 0.29) is 70.6 Å². The van der Waals surface area contributed by atoms with Gasteiger partial charge in [0.25, 0.3) is 0 Å². The van der Waals surface area contributed by atoms with Gasteiger partial charge in [0.2, 0.25) is 0 Å². The van der Waals surface area contributed by atoms with Gasteiger partial charge in [0, 0.05) is 5.69 Å². The molecule has 0 saturated heterocycles. The Morgan fingerprint density at radius 1 is 0.970 bits per heavy atom. The Hall–Kier alpha value is -2.26. The van der Waals surface area contributed by atoms with Gasteiger partial charge in [-0.1, -0.05) is 29.8 Å². The van der Waals surface area contributed by atoms with Crippen molar-refractivity contribution < 1.29 is 63.5 Å². The van der Waals surface area contributed by atoms with E-state index >= 15 is 0 Å². The maximum atomic E-state index is 8.17. The van der Waals surface area contributed by atoms with Crippen LogP contribution in [0, 0.1) is 24.2 Å². The maximum Gasteiger partial charge on any atom is 4.00 e. The molecule has 4 rings (SSSR count). The van der Waals surface area contributed by atoms with Gasteiger partial charge in [0.1, 0.15) is 0 Å². The molecule has 0 amide bonds. The fourth-order valence-corrected chi connectivity index (χ4v) is 3.01. The van der Waals surface area contributed by atoms with E-state index < -0.39 is 0 Å². The maximum absolute atomic E-state index is 8.17. The first-order valence-electron chi connectivity index (χ1n) is 8.22. The summed E-state index contributed by atoms with van der Waals surface area (Å²) in [6.07, 6.45) is 0. The van der Waals surface area contributed by atoms with Gasteiger partial charge < -0.3 is 70.4 Å². The minimum absolute atomic E-state index is 0. The topological polar surface area (TPSA) is 185 Å². The Labute approximate surface area is 224 Å². The smallest absolute Gasteiger partial charge is 1.00 e. The molecule has 0 aromatic heterocycles. The van der Waals surface area contributed by atoms with Crippen LogP contribution in [-0.2, 0) is 21.1 Å². The average Bonchev–Trinajstić information content (AvgIpc) is 2.64. The van der Waals surface area contributed by atoms with E-state index in [1.165, 1.54) is 5.34 Å². The average molecular weight is 696 g/mol. The molecule has 33 heavy (non-hydrogen) atoms. The quantitative estimate of drug-likeness (QED) is 0.0909. The summed E-state index contributed by atoms with van der Waals surface area (Å²) in [6.45, 7) is 3.86. The Morgan fingerprint density at radius 3 is 2.06 bits per heavy atom. The zero-order valence-corrected chi connectivity index (χ0v) is 22.3. The summed E-state index contributed by atoms with van der Waals surface area (Å²) in [5.41, 5.74) is 15.0. The third kappa shape index (κ3) is 7.92. The van der Waals surface area contributed by atoms with Gasteiger partial charge in [-0.3, -0.25) is 0 Å². The van der Waals surface area contributed by atoms with Crippen molar-refractivity contribution in [2.45, 2.75) is 13.8 Å². The van der Waals surface area contributed by atoms with Crippen molar-refractivity contribution in [2.24, 2.45) is 5.34 Å². The van der Waals surface area contributed by atoms with E-state index in [1.54, 1.807) is 0 Å². The van der Waals surface area contributed by atoms with Crippen molar-refractivity contribution in [2.75, 3.05) is 0 Å². The summed E-state index contributed by atoms with van der Waals surface area (Å²) in [6, 6.07) is 17.7. The van der Waals surface area contributed by atoms with Crippen LogP contribution in [0.2, 0.25) is 0 Å². The number of hydrogen-bond acceptors (Lipinski definition) is 6. The summed E-state index contributed by atoms with van der Waals surface area (Å²) in [4.78, 5) is 12.9. The normalized spacial score (nSPS) is 8.55. The number of nitrogens with one attached hydrogen (secondary N) is 2. The van der Waals surface area contributed by atoms with Gasteiger partial charge >= 0.3 is 21.1 Å². The Balaban J connectivity index is -0.000000445. The number of hydrogen-bond donors (Lipinski definition) is 4. The molecule has 1 heterocycles. The first kappa shape index (κ1) is 38.0. The zero-order chi connectivity index (χ0) is 19.6. The SMILES string of the molecule is Cc1cc2nc3cc(C)c(=N)cc-3n(-c3ccccc3)c2cc1[NH-].N.N.O=NO.[Cl-].[Cl-].[Cl-].[Pt+4]. The molecule has 182 valence electrons. The Morgan fingerprint density at radius 2 is 1.52 bits per heavy atom. The molecule has 1 aliphatic carbocycles. The summed E-state index contributed by atoms with van der Waals surface area (Å²) in [7, 11) is 0. The minimum Gasteiger partial charge on any atom is -1.00 e. The van der Waals surface area contributed by atoms with Crippen LogP contribution >= 0.6 is 0 Å². The zero-order valence-electron chi connectivity index (χ0n) is 17.8. The molecule has 0 bridgehead atoms. The fourth-order valence-electron chi connectivity index (χ4n) is 3.01. The fraction of sp³-hybridized carbons (Fsp3) is 0.100. The van der Waals surface area contributed by atoms with Gasteiger partial charge in [0.05, 0.1) is 27.8 Å². The molecule has 2 aromatic carbocycles. The van der Waals surface area contributed by atoms with Crippen LogP contribution in [0.3, 0.4) is 0 Å². The molecule has 9 N–H and O–H groups in total. The number of nitrogens with zero attached hydrogens (tertiary/aromatic N) is 3. The van der Waals surface area contributed by atoms with E-state index in [9.17, 15) is 0 Å². The number of halogens is 3. The van der Waals surface area contributed by atoms with E-state index in [0.717, 1.165) is 39.2 Å². The van der Waals surface area contributed by atoms with Gasteiger partial charge in [-0.15, -0.1) is 10.6 Å². The predicted octanol–water partition coefficient (Wildman–Crippen LogP) is -3.61. The summed E-state index contributed by atoms with van der Waals surface area (Å²) in [5, 5.41) is 16.5. The van der Waals surface area contributed by atoms with Crippen molar-refractivity contribution in [3.05, 3.63) is 81.7 Å². The van der Waals surface area contributed by atoms with Crippen LogP contribution in [0.25, 0.3) is 33.8 Å². The van der Waals surface area contributed by atoms with Crippen molar-refractivity contribution >= 4 is 16.7 Å². The minimum atomic E-state index is 0. The van der Waals surface area contributed by atoms with E-state index in [4.69, 9.17) is 26.2 Å². The number of aryl methyl sites for hydroxylation is 2. The van der Waals surface area contributed by atoms with Crippen LogP contribution in [-0.4, -0.2) is 14.8 Å². The molecule has 2 aromatic rings. The van der Waals surface area contributed by atoms with Gasteiger partial charge in [-0.25, -0.2) is 4.98 Å². The molecule has 0 radical (unpaired) electrons. The second-order valence-electron chi connectivity index (χ2n) is 6.18. The molecular weight excluding hydrogens is 672 g/mol. The number of para-hydroxylation sites is 1. The standard InChI is InChI=1S/C20H17N4.3ClH.HNO2.2H3N.Pt/c1-12-8-17-19(10-15(12)21)24(14-6-4-3-5-7-14)20-11-16(22)13(2)9-18(20)23-17;;;;2-1-3;;;/h3-11,21-22H,1-2H3;3*1H;(H,2,3);2*1H3;/q-1;;;;;;;+4/p-3. The molecule has 0 unspecified atom stereocenters. The third-order valence-electron chi connectivity index (χ3n) is 4.38. The molecule has 0 saturated carbocycles. The second kappa shape index (κ2) is 16.4. The van der Waals surface area contributed by atoms with Gasteiger partial charge in [-0.2, -0.15) is 0 Å². The first-order valence-corrected chi connectivity index (χ1v) is 8.22. The molecule has 0 fully saturated rings. The Kier molecular flexibility index (Phi) is 18.9. The van der Waals surface area contributed by atoms with Crippen LogP contribution in [0.15, 0.2) is 59.9 Å². The molecule has 13 heteroatoms. The largest absolute Gasteiger partial charge is 4.00 e. The molecule has 0 spiro atoms. The number of fused-ring (bicyclic) bond motifs is 2. The third-order valence-corrected chi connectivity index (χ3v) is 4.38. The van der Waals surface area contributed by atoms with Crippen molar-refractivity contribution in [3.8, 4) is 17.1 Å². The predicted molar refractivity (Wildman–Crippen MR) is 115 cm³/mol. The molecule has 2 aliphatic rings. The monoisotopic (exact) mass is 694 g/mol. The van der Waals surface area contributed by atoms with E-state index in [2.05, 4.69) is 4.57 Å². The number of benzene rings is 3. The molecule has 1 aliphatic heterocycles. The van der Waals surface area contributed by atoms with Crippen molar-refractivity contribution in [1.29, 1.82) is 5.41 Å². The van der Waals surface area contributed by atoms with Crippen molar-refractivity contribution in [3.63, 3.8) is 0 Å². The summed E-state index contributed by atoms with van der Waals surface area (Å²) >= 11 is 0. The molecule has 9 nitrogen and oxygen atoms in total. The van der Waals surface area contributed by atoms with Crippen LogP contribution < -0.4 is 54.9 Å². The number of rotatable bonds is 1. The summed E-state index contributed by atoms with van der Waals surface area (Å²) < 4.78 is 2.09. The summed E-state index contributed by atoms with van der Waals surface area (Å²) in [5.74, 6) is 0. The van der Waals surface area contributed by atoms with Crippen LogP contribution in [0.5, 0.6) is 0 Å². The van der Waals surface area contributed by atoms with Gasteiger partial charge in [0.15, 0.2) is 5.34 Å². The molecular formula is C20H24Cl3N7O2Pt. The van der Waals surface area contributed by atoms with E-state index in [1.807, 2.05) is 68.4 Å². The van der Waals surface area contributed by atoms with Crippen molar-refractivity contribution in [1.82, 2.24) is 21.9 Å². The first-order chi connectivity index (χ1) is 13.0. The Bertz CT molecular complexity index is 1180. The van der Waals surface area contributed by atoms with Crippen LogP contribution in [0.4, 0.5) is 5.69 Å². The van der Waals surface area contributed by atoms with Crippen LogP contribution in [0.1, 0.15) is 11.1 Å². The van der Waals surface area contributed by atoms with E-state index in [0.29, 0.717) is 11.0 Å². The second-order valence-corrected chi connectivity index (χ2v) is 6.18.